The van der Waals surface area contributed by atoms with Crippen molar-refractivity contribution in [3.63, 3.8) is 0 Å². The Kier molecular flexibility index (Phi) is 4.78. The van der Waals surface area contributed by atoms with Crippen molar-refractivity contribution < 1.29 is 14.5 Å². The Bertz CT molecular complexity index is 729. The van der Waals surface area contributed by atoms with Crippen molar-refractivity contribution in [1.29, 1.82) is 0 Å². The molecule has 2 aromatic rings. The molecule has 0 saturated heterocycles. The predicted molar refractivity (Wildman–Crippen MR) is 83.6 cm³/mol. The van der Waals surface area contributed by atoms with Crippen molar-refractivity contribution in [2.24, 2.45) is 0 Å². The van der Waals surface area contributed by atoms with Crippen molar-refractivity contribution in [2.75, 3.05) is 0 Å². The summed E-state index contributed by atoms with van der Waals surface area (Å²) in [7, 11) is 0. The molecule has 0 aliphatic heterocycles. The number of nitro benzene ring substituents is 1. The molecule has 0 fully saturated rings. The minimum Gasteiger partial charge on any atom is -0.481 e. The molecule has 0 amide bonds. The van der Waals surface area contributed by atoms with E-state index in [4.69, 9.17) is 16.3 Å². The van der Waals surface area contributed by atoms with Crippen LogP contribution >= 0.6 is 11.6 Å². The van der Waals surface area contributed by atoms with E-state index < -0.39 is 4.92 Å². The summed E-state index contributed by atoms with van der Waals surface area (Å²) >= 11 is 5.98. The minimum atomic E-state index is -0.575. The average Bonchev–Trinajstić information content (AvgIpc) is 2.48. The van der Waals surface area contributed by atoms with Crippen LogP contribution in [0.15, 0.2) is 36.4 Å². The van der Waals surface area contributed by atoms with Gasteiger partial charge in [-0.3, -0.25) is 14.9 Å². The standard InChI is InChI=1S/C16H14ClNO4/c1-10-14(17)8-13(11(2)19)16(15(10)18(20)21)22-9-12-6-4-3-5-7-12/h3-8H,9H2,1-2H3. The van der Waals surface area contributed by atoms with E-state index in [1.807, 2.05) is 30.3 Å². The smallest absolute Gasteiger partial charge is 0.316 e. The van der Waals surface area contributed by atoms with Gasteiger partial charge in [-0.25, -0.2) is 0 Å². The van der Waals surface area contributed by atoms with Crippen LogP contribution in [0.25, 0.3) is 0 Å². The summed E-state index contributed by atoms with van der Waals surface area (Å²) < 4.78 is 5.59. The zero-order valence-corrected chi connectivity index (χ0v) is 12.9. The fraction of sp³-hybridized carbons (Fsp3) is 0.188. The van der Waals surface area contributed by atoms with Crippen LogP contribution < -0.4 is 4.74 Å². The lowest BCUT2D eigenvalue weighted by Gasteiger charge is -2.13. The van der Waals surface area contributed by atoms with Gasteiger partial charge in [-0.15, -0.1) is 0 Å². The van der Waals surface area contributed by atoms with Gasteiger partial charge in [0, 0.05) is 5.56 Å². The zero-order valence-electron chi connectivity index (χ0n) is 12.1. The first-order chi connectivity index (χ1) is 10.4. The highest BCUT2D eigenvalue weighted by molar-refractivity contribution is 6.32. The Morgan fingerprint density at radius 1 is 1.32 bits per heavy atom. The lowest BCUT2D eigenvalue weighted by molar-refractivity contribution is -0.386. The van der Waals surface area contributed by atoms with Crippen LogP contribution in [0.4, 0.5) is 5.69 Å². The normalized spacial score (nSPS) is 10.3. The number of ketones is 1. The molecule has 0 radical (unpaired) electrons. The van der Waals surface area contributed by atoms with Gasteiger partial charge in [0.2, 0.25) is 5.75 Å². The molecule has 6 heteroatoms. The molecule has 114 valence electrons. The molecule has 0 N–H and O–H groups in total. The van der Waals surface area contributed by atoms with Crippen LogP contribution in [-0.2, 0) is 6.61 Å². The highest BCUT2D eigenvalue weighted by Gasteiger charge is 2.27. The van der Waals surface area contributed by atoms with Crippen molar-refractivity contribution >= 4 is 23.1 Å². The Morgan fingerprint density at radius 2 is 1.95 bits per heavy atom. The second kappa shape index (κ2) is 6.58. The zero-order chi connectivity index (χ0) is 16.3. The van der Waals surface area contributed by atoms with Gasteiger partial charge < -0.3 is 4.74 Å². The van der Waals surface area contributed by atoms with Crippen LogP contribution in [0, 0.1) is 17.0 Å². The molecule has 0 bridgehead atoms. The first-order valence-electron chi connectivity index (χ1n) is 6.57. The summed E-state index contributed by atoms with van der Waals surface area (Å²) in [6.07, 6.45) is 0. The first-order valence-corrected chi connectivity index (χ1v) is 6.94. The van der Waals surface area contributed by atoms with E-state index in [9.17, 15) is 14.9 Å². The summed E-state index contributed by atoms with van der Waals surface area (Å²) in [5.74, 6) is -0.378. The molecule has 0 aliphatic rings. The van der Waals surface area contributed by atoms with E-state index in [2.05, 4.69) is 0 Å². The van der Waals surface area contributed by atoms with Gasteiger partial charge in [-0.1, -0.05) is 41.9 Å². The highest BCUT2D eigenvalue weighted by Crippen LogP contribution is 2.39. The lowest BCUT2D eigenvalue weighted by Crippen LogP contribution is -2.07. The van der Waals surface area contributed by atoms with Gasteiger partial charge in [-0.2, -0.15) is 0 Å². The molecule has 0 spiro atoms. The van der Waals surface area contributed by atoms with Gasteiger partial charge >= 0.3 is 5.69 Å². The van der Waals surface area contributed by atoms with Crippen molar-refractivity contribution in [3.8, 4) is 5.75 Å². The number of Topliss-reactive ketones (excluding diaryl/α,β-unsaturated/α-hetero) is 1. The van der Waals surface area contributed by atoms with Crippen molar-refractivity contribution in [1.82, 2.24) is 0 Å². The number of nitrogens with zero attached hydrogens (tertiary/aromatic N) is 1. The molecule has 22 heavy (non-hydrogen) atoms. The SMILES string of the molecule is CC(=O)c1cc(Cl)c(C)c([N+](=O)[O-])c1OCc1ccccc1. The third-order valence-corrected chi connectivity index (χ3v) is 3.62. The van der Waals surface area contributed by atoms with Crippen molar-refractivity contribution in [2.45, 2.75) is 20.5 Å². The summed E-state index contributed by atoms with van der Waals surface area (Å²) in [6.45, 7) is 2.98. The Morgan fingerprint density at radius 3 is 2.50 bits per heavy atom. The lowest BCUT2D eigenvalue weighted by atomic mass is 10.1. The molecule has 0 aliphatic carbocycles. The summed E-state index contributed by atoms with van der Waals surface area (Å²) in [4.78, 5) is 22.5. The molecular weight excluding hydrogens is 306 g/mol. The van der Waals surface area contributed by atoms with Gasteiger partial charge in [0.05, 0.1) is 15.5 Å². The van der Waals surface area contributed by atoms with Gasteiger partial charge in [0.1, 0.15) is 6.61 Å². The topological polar surface area (TPSA) is 69.4 Å². The third kappa shape index (κ3) is 3.26. The average molecular weight is 320 g/mol. The molecule has 0 heterocycles. The third-order valence-electron chi connectivity index (χ3n) is 3.23. The fourth-order valence-corrected chi connectivity index (χ4v) is 2.27. The molecule has 0 unspecified atom stereocenters. The van der Waals surface area contributed by atoms with Crippen LogP contribution in [0.5, 0.6) is 5.75 Å². The molecule has 2 aromatic carbocycles. The predicted octanol–water partition coefficient (Wildman–Crippen LogP) is 4.34. The summed E-state index contributed by atoms with van der Waals surface area (Å²) in [5.41, 5.74) is 0.963. The number of benzene rings is 2. The molecule has 5 nitrogen and oxygen atoms in total. The molecular formula is C16H14ClNO4. The number of hydrogen-bond donors (Lipinski definition) is 0. The van der Waals surface area contributed by atoms with E-state index in [0.717, 1.165) is 5.56 Å². The highest BCUT2D eigenvalue weighted by atomic mass is 35.5. The van der Waals surface area contributed by atoms with Gasteiger partial charge in [0.15, 0.2) is 5.78 Å². The first kappa shape index (κ1) is 16.0. The number of nitro groups is 1. The maximum atomic E-state index is 11.8. The molecule has 0 saturated carbocycles. The number of ether oxygens (including phenoxy) is 1. The minimum absolute atomic E-state index is 0.0387. The molecule has 0 aromatic heterocycles. The van der Waals surface area contributed by atoms with Crippen LogP contribution in [0.2, 0.25) is 5.02 Å². The van der Waals surface area contributed by atoms with E-state index >= 15 is 0 Å². The van der Waals surface area contributed by atoms with Crippen molar-refractivity contribution in [3.05, 3.63) is 68.2 Å². The number of halogens is 1. The van der Waals surface area contributed by atoms with Crippen LogP contribution in [0.3, 0.4) is 0 Å². The quantitative estimate of drug-likeness (QED) is 0.467. The largest absolute Gasteiger partial charge is 0.481 e. The summed E-state index contributed by atoms with van der Waals surface area (Å²) in [5, 5.41) is 11.5. The maximum absolute atomic E-state index is 11.8. The van der Waals surface area contributed by atoms with E-state index in [1.165, 1.54) is 19.9 Å². The molecule has 0 atom stereocenters. The Hall–Kier alpha value is -2.40. The summed E-state index contributed by atoms with van der Waals surface area (Å²) in [6, 6.07) is 10.6. The number of carbonyl (C=O) groups is 1. The second-order valence-corrected chi connectivity index (χ2v) is 5.20. The Labute approximate surface area is 132 Å². The second-order valence-electron chi connectivity index (χ2n) is 4.80. The van der Waals surface area contributed by atoms with E-state index in [0.29, 0.717) is 0 Å². The van der Waals surface area contributed by atoms with Gasteiger partial charge in [0.25, 0.3) is 0 Å². The van der Waals surface area contributed by atoms with Crippen LogP contribution in [-0.4, -0.2) is 10.7 Å². The number of carbonyl (C=O) groups excluding carboxylic acids is 1. The van der Waals surface area contributed by atoms with E-state index in [1.54, 1.807) is 0 Å². The van der Waals surface area contributed by atoms with E-state index in [-0.39, 0.29) is 40.0 Å². The number of rotatable bonds is 5. The Balaban J connectivity index is 2.49. The molecule has 2 rings (SSSR count). The maximum Gasteiger partial charge on any atom is 0.316 e. The van der Waals surface area contributed by atoms with Crippen LogP contribution in [0.1, 0.15) is 28.4 Å². The van der Waals surface area contributed by atoms with Gasteiger partial charge in [-0.05, 0) is 25.5 Å². The fourth-order valence-electron chi connectivity index (χ4n) is 2.07. The monoisotopic (exact) mass is 319 g/mol. The number of hydrogen-bond acceptors (Lipinski definition) is 4.